The van der Waals surface area contributed by atoms with Crippen LogP contribution >= 0.6 is 0 Å². The van der Waals surface area contributed by atoms with E-state index in [9.17, 15) is 19.7 Å². The van der Waals surface area contributed by atoms with E-state index in [0.717, 1.165) is 37.6 Å². The number of carbonyl (C=O) groups is 1. The van der Waals surface area contributed by atoms with E-state index in [1.807, 2.05) is 24.3 Å². The minimum Gasteiger partial charge on any atom is -0.495 e. The summed E-state index contributed by atoms with van der Waals surface area (Å²) in [6.07, 6.45) is 0. The number of fused-ring (bicyclic) bond motifs is 1. The third-order valence-corrected chi connectivity index (χ3v) is 6.93. The van der Waals surface area contributed by atoms with Gasteiger partial charge in [0.1, 0.15) is 11.6 Å². The van der Waals surface area contributed by atoms with Crippen molar-refractivity contribution in [3.63, 3.8) is 0 Å². The molecule has 5 rings (SSSR count). The summed E-state index contributed by atoms with van der Waals surface area (Å²) in [5, 5.41) is 11.5. The molecule has 1 aliphatic heterocycles. The van der Waals surface area contributed by atoms with Crippen molar-refractivity contribution in [2.75, 3.05) is 44.8 Å². The molecule has 0 N–H and O–H groups in total. The number of benzene rings is 3. The topological polar surface area (TPSA) is 120 Å². The number of methoxy groups -OCH3 is 1. The molecule has 0 atom stereocenters. The Bertz CT molecular complexity index is 1610. The van der Waals surface area contributed by atoms with Crippen LogP contribution in [-0.4, -0.2) is 65.2 Å². The quantitative estimate of drug-likeness (QED) is 0.186. The fraction of sp³-hybridized carbons (Fsp3) is 0.276. The summed E-state index contributed by atoms with van der Waals surface area (Å²) in [6.45, 7) is 5.36. The van der Waals surface area contributed by atoms with E-state index in [0.29, 0.717) is 29.1 Å². The van der Waals surface area contributed by atoms with E-state index in [4.69, 9.17) is 14.5 Å². The van der Waals surface area contributed by atoms with Crippen LogP contribution in [0.3, 0.4) is 0 Å². The van der Waals surface area contributed by atoms with Crippen molar-refractivity contribution in [3.05, 3.63) is 98.6 Å². The smallest absolute Gasteiger partial charge is 0.338 e. The van der Waals surface area contributed by atoms with Crippen LogP contribution in [0.5, 0.6) is 5.75 Å². The maximum Gasteiger partial charge on any atom is 0.338 e. The fourth-order valence-electron chi connectivity index (χ4n) is 4.90. The first-order chi connectivity index (χ1) is 19.4. The molecule has 4 aromatic rings. The molecule has 11 heteroatoms. The van der Waals surface area contributed by atoms with E-state index in [1.165, 1.54) is 22.8 Å². The van der Waals surface area contributed by atoms with Crippen LogP contribution < -0.4 is 15.2 Å². The van der Waals surface area contributed by atoms with Gasteiger partial charge in [0.2, 0.25) is 0 Å². The standard InChI is InChI=1S/C29H29N5O6/c1-3-40-29(36)20-8-10-21(11-9-20)33-27(30-24-13-12-22(34(37)38)18-23(24)28(33)35)19-31-14-16-32(17-15-31)25-6-4-5-7-26(25)39-2/h4-13,18H,3,14-17,19H2,1-2H3. The minimum absolute atomic E-state index is 0.147. The van der Waals surface area contributed by atoms with Crippen LogP contribution in [0.15, 0.2) is 71.5 Å². The highest BCUT2D eigenvalue weighted by atomic mass is 16.6. The molecule has 0 radical (unpaired) electrons. The van der Waals surface area contributed by atoms with Crippen LogP contribution in [0.25, 0.3) is 16.6 Å². The lowest BCUT2D eigenvalue weighted by Gasteiger charge is -2.36. The van der Waals surface area contributed by atoms with Gasteiger partial charge < -0.3 is 14.4 Å². The zero-order chi connectivity index (χ0) is 28.2. The molecule has 3 aromatic carbocycles. The summed E-state index contributed by atoms with van der Waals surface area (Å²) >= 11 is 0. The van der Waals surface area contributed by atoms with Crippen LogP contribution in [0.2, 0.25) is 0 Å². The van der Waals surface area contributed by atoms with Crippen LogP contribution in [0.4, 0.5) is 11.4 Å². The van der Waals surface area contributed by atoms with Crippen LogP contribution in [0.1, 0.15) is 23.1 Å². The zero-order valence-corrected chi connectivity index (χ0v) is 22.3. The lowest BCUT2D eigenvalue weighted by molar-refractivity contribution is -0.384. The van der Waals surface area contributed by atoms with Crippen molar-refractivity contribution in [2.24, 2.45) is 0 Å². The number of ether oxygens (including phenoxy) is 2. The molecular weight excluding hydrogens is 514 g/mol. The fourth-order valence-corrected chi connectivity index (χ4v) is 4.90. The number of nitro benzene ring substituents is 1. The molecule has 40 heavy (non-hydrogen) atoms. The largest absolute Gasteiger partial charge is 0.495 e. The van der Waals surface area contributed by atoms with Crippen molar-refractivity contribution in [1.82, 2.24) is 14.5 Å². The van der Waals surface area contributed by atoms with Gasteiger partial charge in [-0.1, -0.05) is 12.1 Å². The van der Waals surface area contributed by atoms with Gasteiger partial charge in [-0.05, 0) is 49.4 Å². The van der Waals surface area contributed by atoms with Crippen molar-refractivity contribution in [1.29, 1.82) is 0 Å². The van der Waals surface area contributed by atoms with Gasteiger partial charge in [-0.2, -0.15) is 0 Å². The van der Waals surface area contributed by atoms with Crippen molar-refractivity contribution in [3.8, 4) is 11.4 Å². The Balaban J connectivity index is 1.48. The first-order valence-electron chi connectivity index (χ1n) is 13.0. The number of esters is 1. The Morgan fingerprint density at radius 3 is 2.42 bits per heavy atom. The third-order valence-electron chi connectivity index (χ3n) is 6.93. The highest BCUT2D eigenvalue weighted by Gasteiger charge is 2.23. The van der Waals surface area contributed by atoms with Gasteiger partial charge in [-0.3, -0.25) is 24.4 Å². The Hall–Kier alpha value is -4.77. The molecule has 1 fully saturated rings. The van der Waals surface area contributed by atoms with Gasteiger partial charge in [0.25, 0.3) is 11.2 Å². The number of aromatic nitrogens is 2. The summed E-state index contributed by atoms with van der Waals surface area (Å²) in [7, 11) is 1.66. The number of hydrogen-bond donors (Lipinski definition) is 0. The van der Waals surface area contributed by atoms with Crippen molar-refractivity contribution >= 4 is 28.2 Å². The zero-order valence-electron chi connectivity index (χ0n) is 22.3. The second-order valence-corrected chi connectivity index (χ2v) is 9.33. The molecule has 2 heterocycles. The van der Waals surface area contributed by atoms with E-state index in [1.54, 1.807) is 38.3 Å². The highest BCUT2D eigenvalue weighted by molar-refractivity contribution is 5.89. The highest BCUT2D eigenvalue weighted by Crippen LogP contribution is 2.28. The molecule has 1 aliphatic rings. The molecule has 0 aliphatic carbocycles. The second-order valence-electron chi connectivity index (χ2n) is 9.33. The van der Waals surface area contributed by atoms with Crippen molar-refractivity contribution in [2.45, 2.75) is 13.5 Å². The van der Waals surface area contributed by atoms with E-state index >= 15 is 0 Å². The number of anilines is 1. The molecule has 0 unspecified atom stereocenters. The first-order valence-corrected chi connectivity index (χ1v) is 13.0. The van der Waals surface area contributed by atoms with E-state index in [-0.39, 0.29) is 17.7 Å². The monoisotopic (exact) mass is 543 g/mol. The van der Waals surface area contributed by atoms with Gasteiger partial charge >= 0.3 is 5.97 Å². The average molecular weight is 544 g/mol. The molecular formula is C29H29N5O6. The predicted octanol–water partition coefficient (Wildman–Crippen LogP) is 3.80. The minimum atomic E-state index is -0.535. The second kappa shape index (κ2) is 11.5. The predicted molar refractivity (Wildman–Crippen MR) is 150 cm³/mol. The van der Waals surface area contributed by atoms with Gasteiger partial charge in [-0.15, -0.1) is 0 Å². The van der Waals surface area contributed by atoms with Crippen LogP contribution in [-0.2, 0) is 11.3 Å². The Labute approximate surface area is 230 Å². The number of rotatable bonds is 8. The summed E-state index contributed by atoms with van der Waals surface area (Å²) in [6, 6.07) is 18.5. The Morgan fingerprint density at radius 2 is 1.75 bits per heavy atom. The lowest BCUT2D eigenvalue weighted by Crippen LogP contribution is -2.46. The Morgan fingerprint density at radius 1 is 1.02 bits per heavy atom. The number of nitrogens with zero attached hydrogens (tertiary/aromatic N) is 5. The lowest BCUT2D eigenvalue weighted by atomic mass is 10.1. The maximum atomic E-state index is 13.8. The molecule has 206 valence electrons. The van der Waals surface area contributed by atoms with E-state index < -0.39 is 16.5 Å². The van der Waals surface area contributed by atoms with Crippen LogP contribution in [0, 0.1) is 10.1 Å². The average Bonchev–Trinajstić information content (AvgIpc) is 2.98. The summed E-state index contributed by atoms with van der Waals surface area (Å²) in [5.74, 6) is 0.865. The third kappa shape index (κ3) is 5.36. The number of hydrogen-bond acceptors (Lipinski definition) is 9. The summed E-state index contributed by atoms with van der Waals surface area (Å²) in [5.41, 5.74) is 1.68. The van der Waals surface area contributed by atoms with Gasteiger partial charge in [0.05, 0.1) is 53.0 Å². The summed E-state index contributed by atoms with van der Waals surface area (Å²) < 4.78 is 12.1. The Kier molecular flexibility index (Phi) is 7.74. The first kappa shape index (κ1) is 26.8. The molecule has 0 spiro atoms. The summed E-state index contributed by atoms with van der Waals surface area (Å²) in [4.78, 5) is 46.0. The van der Waals surface area contributed by atoms with Crippen molar-refractivity contribution < 1.29 is 19.2 Å². The molecule has 11 nitrogen and oxygen atoms in total. The molecule has 0 bridgehead atoms. The molecule has 1 aromatic heterocycles. The van der Waals surface area contributed by atoms with Gasteiger partial charge in [-0.25, -0.2) is 9.78 Å². The number of nitro groups is 1. The number of carbonyl (C=O) groups excluding carboxylic acids is 1. The normalized spacial score (nSPS) is 13.8. The van der Waals surface area contributed by atoms with Gasteiger partial charge in [0, 0.05) is 38.3 Å². The maximum absolute atomic E-state index is 13.8. The molecule has 0 saturated carbocycles. The molecule has 1 saturated heterocycles. The van der Waals surface area contributed by atoms with Gasteiger partial charge in [0.15, 0.2) is 0 Å². The number of piperazine rings is 1. The number of non-ortho nitro benzene ring substituents is 1. The van der Waals surface area contributed by atoms with E-state index in [2.05, 4.69) is 9.80 Å². The molecule has 0 amide bonds. The number of para-hydroxylation sites is 2. The SMILES string of the molecule is CCOC(=O)c1ccc(-n2c(CN3CCN(c4ccccc4OC)CC3)nc3ccc([N+](=O)[O-])cc3c2=O)cc1.